The van der Waals surface area contributed by atoms with Crippen molar-refractivity contribution in [2.45, 2.75) is 6.42 Å². The van der Waals surface area contributed by atoms with Crippen LogP contribution in [-0.4, -0.2) is 73.9 Å². The first kappa shape index (κ1) is 12.4. The molecule has 15 heavy (non-hydrogen) atoms. The van der Waals surface area contributed by atoms with Crippen molar-refractivity contribution >= 4 is 5.91 Å². The summed E-state index contributed by atoms with van der Waals surface area (Å²) in [7, 11) is 1.54. The van der Waals surface area contributed by atoms with Gasteiger partial charge in [-0.15, -0.1) is 0 Å². The summed E-state index contributed by atoms with van der Waals surface area (Å²) in [5, 5.41) is 8.83. The lowest BCUT2D eigenvalue weighted by Gasteiger charge is -2.21. The smallest absolute Gasteiger partial charge is 0.248 e. The monoisotopic (exact) mass is 216 g/mol. The fourth-order valence-electron chi connectivity index (χ4n) is 1.80. The number of carbonyl (C=O) groups is 1. The lowest BCUT2D eigenvalue weighted by atomic mass is 10.4. The first-order valence-electron chi connectivity index (χ1n) is 5.38. The number of hydrogen-bond acceptors (Lipinski definition) is 4. The average molecular weight is 216 g/mol. The van der Waals surface area contributed by atoms with Crippen LogP contribution in [0.15, 0.2) is 0 Å². The summed E-state index contributed by atoms with van der Waals surface area (Å²) in [6, 6.07) is 0. The van der Waals surface area contributed by atoms with Gasteiger partial charge in [0.1, 0.15) is 6.61 Å². The molecule has 5 nitrogen and oxygen atoms in total. The van der Waals surface area contributed by atoms with Gasteiger partial charge in [-0.1, -0.05) is 0 Å². The van der Waals surface area contributed by atoms with Gasteiger partial charge in [0.15, 0.2) is 0 Å². The molecule has 0 unspecified atom stereocenters. The van der Waals surface area contributed by atoms with E-state index < -0.39 is 0 Å². The second kappa shape index (κ2) is 6.76. The Morgan fingerprint density at radius 1 is 1.33 bits per heavy atom. The van der Waals surface area contributed by atoms with E-state index >= 15 is 0 Å². The minimum Gasteiger partial charge on any atom is -0.395 e. The maximum atomic E-state index is 11.5. The van der Waals surface area contributed by atoms with Crippen molar-refractivity contribution in [1.29, 1.82) is 0 Å². The van der Waals surface area contributed by atoms with Crippen LogP contribution in [-0.2, 0) is 9.53 Å². The maximum absolute atomic E-state index is 11.5. The van der Waals surface area contributed by atoms with Crippen LogP contribution in [0.3, 0.4) is 0 Å². The van der Waals surface area contributed by atoms with Gasteiger partial charge in [-0.05, 0) is 13.0 Å². The minimum absolute atomic E-state index is 0.0587. The Morgan fingerprint density at radius 2 is 2.13 bits per heavy atom. The fraction of sp³-hybridized carbons (Fsp3) is 0.900. The molecule has 0 aromatic heterocycles. The van der Waals surface area contributed by atoms with E-state index in [1.54, 1.807) is 0 Å². The molecular formula is C10H20N2O3. The van der Waals surface area contributed by atoms with Gasteiger partial charge < -0.3 is 14.7 Å². The molecule has 1 aliphatic heterocycles. The van der Waals surface area contributed by atoms with Gasteiger partial charge in [0.05, 0.1) is 6.61 Å². The molecule has 1 N–H and O–H groups in total. The number of aliphatic hydroxyl groups excluding tert-OH is 1. The standard InChI is InChI=1S/C10H20N2O3/c1-15-9-10(14)12-4-2-3-11(5-6-12)7-8-13/h13H,2-9H2,1H3. The summed E-state index contributed by atoms with van der Waals surface area (Å²) in [5.74, 6) is 0.0587. The Morgan fingerprint density at radius 3 is 2.80 bits per heavy atom. The summed E-state index contributed by atoms with van der Waals surface area (Å²) in [6.07, 6.45) is 0.968. The largest absolute Gasteiger partial charge is 0.395 e. The van der Waals surface area contributed by atoms with Crippen molar-refractivity contribution in [3.05, 3.63) is 0 Å². The molecule has 0 aliphatic carbocycles. The van der Waals surface area contributed by atoms with Crippen LogP contribution in [0.1, 0.15) is 6.42 Å². The van der Waals surface area contributed by atoms with E-state index in [0.717, 1.165) is 32.6 Å². The number of aliphatic hydroxyl groups is 1. The van der Waals surface area contributed by atoms with Crippen molar-refractivity contribution in [1.82, 2.24) is 9.80 Å². The number of β-amino-alcohol motifs (C(OH)–C–C–N with tert-alkyl or cyclic N) is 1. The van der Waals surface area contributed by atoms with Gasteiger partial charge in [0.25, 0.3) is 0 Å². The zero-order valence-electron chi connectivity index (χ0n) is 9.31. The van der Waals surface area contributed by atoms with Crippen LogP contribution in [0.5, 0.6) is 0 Å². The summed E-state index contributed by atoms with van der Waals surface area (Å²) in [6.45, 7) is 4.39. The van der Waals surface area contributed by atoms with E-state index in [9.17, 15) is 4.79 Å². The Bertz CT molecular complexity index is 199. The lowest BCUT2D eigenvalue weighted by molar-refractivity contribution is -0.135. The van der Waals surface area contributed by atoms with E-state index in [-0.39, 0.29) is 19.1 Å². The number of hydrogen-bond donors (Lipinski definition) is 1. The van der Waals surface area contributed by atoms with Crippen molar-refractivity contribution in [3.8, 4) is 0 Å². The molecule has 1 amide bonds. The molecule has 1 aliphatic rings. The van der Waals surface area contributed by atoms with Gasteiger partial charge in [-0.3, -0.25) is 9.69 Å². The first-order valence-corrected chi connectivity index (χ1v) is 5.38. The number of nitrogens with zero attached hydrogens (tertiary/aromatic N) is 2. The summed E-state index contributed by atoms with van der Waals surface area (Å²) in [5.41, 5.74) is 0. The Kier molecular flexibility index (Phi) is 5.60. The molecule has 1 heterocycles. The fourth-order valence-corrected chi connectivity index (χ4v) is 1.80. The SMILES string of the molecule is COCC(=O)N1CCCN(CCO)CC1. The zero-order chi connectivity index (χ0) is 11.1. The number of ether oxygens (including phenoxy) is 1. The first-order chi connectivity index (χ1) is 7.27. The molecule has 0 saturated carbocycles. The molecular weight excluding hydrogens is 196 g/mol. The number of amides is 1. The van der Waals surface area contributed by atoms with E-state index in [1.165, 1.54) is 7.11 Å². The molecule has 5 heteroatoms. The highest BCUT2D eigenvalue weighted by atomic mass is 16.5. The van der Waals surface area contributed by atoms with Crippen molar-refractivity contribution in [2.24, 2.45) is 0 Å². The summed E-state index contributed by atoms with van der Waals surface area (Å²) in [4.78, 5) is 15.6. The normalized spacial score (nSPS) is 18.9. The highest BCUT2D eigenvalue weighted by Crippen LogP contribution is 2.03. The van der Waals surface area contributed by atoms with Gasteiger partial charge in [-0.2, -0.15) is 0 Å². The quantitative estimate of drug-likeness (QED) is 0.666. The molecule has 88 valence electrons. The van der Waals surface area contributed by atoms with E-state index in [4.69, 9.17) is 9.84 Å². The average Bonchev–Trinajstić information content (AvgIpc) is 2.44. The second-order valence-electron chi connectivity index (χ2n) is 3.73. The Labute approximate surface area is 90.6 Å². The Hall–Kier alpha value is -0.650. The molecule has 1 saturated heterocycles. The number of rotatable bonds is 4. The summed E-state index contributed by atoms with van der Waals surface area (Å²) < 4.78 is 4.83. The van der Waals surface area contributed by atoms with Gasteiger partial charge in [-0.25, -0.2) is 0 Å². The van der Waals surface area contributed by atoms with Crippen LogP contribution >= 0.6 is 0 Å². The van der Waals surface area contributed by atoms with E-state index in [1.807, 2.05) is 4.90 Å². The van der Waals surface area contributed by atoms with Crippen molar-refractivity contribution in [2.75, 3.05) is 53.0 Å². The minimum atomic E-state index is 0.0587. The topological polar surface area (TPSA) is 53.0 Å². The van der Waals surface area contributed by atoms with Crippen molar-refractivity contribution < 1.29 is 14.6 Å². The predicted octanol–water partition coefficient (Wildman–Crippen LogP) is -0.841. The van der Waals surface area contributed by atoms with Crippen LogP contribution < -0.4 is 0 Å². The Balaban J connectivity index is 2.35. The maximum Gasteiger partial charge on any atom is 0.248 e. The lowest BCUT2D eigenvalue weighted by Crippen LogP contribution is -2.37. The molecule has 1 rings (SSSR count). The molecule has 0 bridgehead atoms. The van der Waals surface area contributed by atoms with Crippen LogP contribution in [0.2, 0.25) is 0 Å². The van der Waals surface area contributed by atoms with Gasteiger partial charge in [0, 0.05) is 33.3 Å². The van der Waals surface area contributed by atoms with Gasteiger partial charge in [0.2, 0.25) is 5.91 Å². The molecule has 1 fully saturated rings. The van der Waals surface area contributed by atoms with E-state index in [0.29, 0.717) is 6.54 Å². The molecule has 0 atom stereocenters. The highest BCUT2D eigenvalue weighted by molar-refractivity contribution is 5.77. The second-order valence-corrected chi connectivity index (χ2v) is 3.73. The van der Waals surface area contributed by atoms with E-state index in [2.05, 4.69) is 4.90 Å². The molecule has 0 radical (unpaired) electrons. The number of methoxy groups -OCH3 is 1. The van der Waals surface area contributed by atoms with Crippen LogP contribution in [0.4, 0.5) is 0 Å². The van der Waals surface area contributed by atoms with Gasteiger partial charge >= 0.3 is 0 Å². The predicted molar refractivity (Wildman–Crippen MR) is 56.6 cm³/mol. The molecule has 0 aromatic rings. The number of carbonyl (C=O) groups excluding carboxylic acids is 1. The van der Waals surface area contributed by atoms with Crippen LogP contribution in [0, 0.1) is 0 Å². The summed E-state index contributed by atoms with van der Waals surface area (Å²) >= 11 is 0. The third-order valence-corrected chi connectivity index (χ3v) is 2.63. The third kappa shape index (κ3) is 4.15. The molecule has 0 aromatic carbocycles. The van der Waals surface area contributed by atoms with Crippen LogP contribution in [0.25, 0.3) is 0 Å². The zero-order valence-corrected chi connectivity index (χ0v) is 9.31. The molecule has 0 spiro atoms. The van der Waals surface area contributed by atoms with Crippen molar-refractivity contribution in [3.63, 3.8) is 0 Å². The highest BCUT2D eigenvalue weighted by Gasteiger charge is 2.18. The third-order valence-electron chi connectivity index (χ3n) is 2.63.